The topological polar surface area (TPSA) is 98.5 Å². The summed E-state index contributed by atoms with van der Waals surface area (Å²) in [6.45, 7) is 0. The van der Waals surface area contributed by atoms with E-state index in [1.54, 1.807) is 12.1 Å². The number of methoxy groups -OCH3 is 1. The average molecular weight is 390 g/mol. The molecule has 0 unspecified atom stereocenters. The highest BCUT2D eigenvalue weighted by Gasteiger charge is 2.19. The molecule has 0 saturated heterocycles. The lowest BCUT2D eigenvalue weighted by atomic mass is 10.0. The van der Waals surface area contributed by atoms with Gasteiger partial charge in [0, 0.05) is 23.4 Å². The number of esters is 1. The molecule has 0 radical (unpaired) electrons. The summed E-state index contributed by atoms with van der Waals surface area (Å²) in [4.78, 5) is 35.1. The van der Waals surface area contributed by atoms with Gasteiger partial charge in [-0.05, 0) is 29.7 Å². The summed E-state index contributed by atoms with van der Waals surface area (Å²) in [6, 6.07) is 20.6. The Labute approximate surface area is 167 Å². The Morgan fingerprint density at radius 1 is 0.966 bits per heavy atom. The van der Waals surface area contributed by atoms with E-state index in [0.29, 0.717) is 12.1 Å². The molecule has 0 bridgehead atoms. The first-order valence-electron chi connectivity index (χ1n) is 8.79. The van der Waals surface area contributed by atoms with Crippen molar-refractivity contribution < 1.29 is 19.2 Å². The number of rotatable bonds is 6. The van der Waals surface area contributed by atoms with Crippen molar-refractivity contribution in [3.63, 3.8) is 0 Å². The third-order valence-corrected chi connectivity index (χ3v) is 4.31. The van der Waals surface area contributed by atoms with Crippen LogP contribution in [-0.2, 0) is 11.2 Å². The SMILES string of the molecule is COC(=O)c1cc(C(=O)Nc2ccccc2Cc2ccccc2)cc([N+](=O)[O-])c1. The predicted octanol–water partition coefficient (Wildman–Crippen LogP) is 4.22. The van der Waals surface area contributed by atoms with Crippen LogP contribution in [0.1, 0.15) is 31.8 Å². The first-order chi connectivity index (χ1) is 14.0. The van der Waals surface area contributed by atoms with Crippen molar-refractivity contribution in [1.29, 1.82) is 0 Å². The molecule has 1 amide bonds. The number of para-hydroxylation sites is 1. The number of amides is 1. The number of nitrogens with zero attached hydrogens (tertiary/aromatic N) is 1. The van der Waals surface area contributed by atoms with Crippen molar-refractivity contribution in [3.8, 4) is 0 Å². The normalized spacial score (nSPS) is 10.2. The number of hydrogen-bond donors (Lipinski definition) is 1. The van der Waals surface area contributed by atoms with E-state index in [-0.39, 0.29) is 16.8 Å². The molecule has 7 nitrogen and oxygen atoms in total. The Morgan fingerprint density at radius 2 is 1.62 bits per heavy atom. The molecule has 3 aromatic rings. The minimum absolute atomic E-state index is 0.00545. The highest BCUT2D eigenvalue weighted by molar-refractivity contribution is 6.06. The van der Waals surface area contributed by atoms with Crippen molar-refractivity contribution >= 4 is 23.3 Å². The Kier molecular flexibility index (Phi) is 5.99. The molecule has 3 aromatic carbocycles. The predicted molar refractivity (Wildman–Crippen MR) is 108 cm³/mol. The number of hydrogen-bond acceptors (Lipinski definition) is 5. The number of nitrogens with one attached hydrogen (secondary N) is 1. The number of carbonyl (C=O) groups excluding carboxylic acids is 2. The Hall–Kier alpha value is -4.00. The summed E-state index contributed by atoms with van der Waals surface area (Å²) < 4.78 is 4.62. The van der Waals surface area contributed by atoms with Crippen LogP contribution in [-0.4, -0.2) is 23.9 Å². The lowest BCUT2D eigenvalue weighted by molar-refractivity contribution is -0.384. The number of anilines is 1. The molecule has 0 spiro atoms. The quantitative estimate of drug-likeness (QED) is 0.386. The molecule has 146 valence electrons. The average Bonchev–Trinajstić information content (AvgIpc) is 2.74. The van der Waals surface area contributed by atoms with E-state index in [1.165, 1.54) is 13.2 Å². The van der Waals surface area contributed by atoms with E-state index < -0.39 is 16.8 Å². The van der Waals surface area contributed by atoms with Crippen molar-refractivity contribution in [2.24, 2.45) is 0 Å². The Balaban J connectivity index is 1.90. The molecule has 29 heavy (non-hydrogen) atoms. The van der Waals surface area contributed by atoms with Crippen LogP contribution in [0.3, 0.4) is 0 Å². The smallest absolute Gasteiger partial charge is 0.338 e. The van der Waals surface area contributed by atoms with Crippen molar-refractivity contribution in [2.45, 2.75) is 6.42 Å². The number of nitro benzene ring substituents is 1. The minimum atomic E-state index is -0.757. The third-order valence-electron chi connectivity index (χ3n) is 4.31. The first kappa shape index (κ1) is 19.8. The molecular formula is C22H18N2O5. The minimum Gasteiger partial charge on any atom is -0.465 e. The van der Waals surface area contributed by atoms with Gasteiger partial charge in [-0.15, -0.1) is 0 Å². The molecule has 0 aliphatic carbocycles. The van der Waals surface area contributed by atoms with Crippen LogP contribution in [0.25, 0.3) is 0 Å². The second kappa shape index (κ2) is 8.79. The molecule has 0 aliphatic heterocycles. The summed E-state index contributed by atoms with van der Waals surface area (Å²) in [5.41, 5.74) is 2.13. The summed E-state index contributed by atoms with van der Waals surface area (Å²) in [6.07, 6.45) is 0.611. The van der Waals surface area contributed by atoms with Gasteiger partial charge in [0.2, 0.25) is 0 Å². The van der Waals surface area contributed by atoms with Gasteiger partial charge in [0.25, 0.3) is 11.6 Å². The van der Waals surface area contributed by atoms with Gasteiger partial charge < -0.3 is 10.1 Å². The van der Waals surface area contributed by atoms with E-state index in [0.717, 1.165) is 23.3 Å². The fraction of sp³-hybridized carbons (Fsp3) is 0.0909. The number of non-ortho nitro benzene ring substituents is 1. The molecule has 0 aliphatic rings. The monoisotopic (exact) mass is 390 g/mol. The van der Waals surface area contributed by atoms with Crippen LogP contribution >= 0.6 is 0 Å². The van der Waals surface area contributed by atoms with E-state index in [9.17, 15) is 19.7 Å². The van der Waals surface area contributed by atoms with Crippen LogP contribution in [0.15, 0.2) is 72.8 Å². The summed E-state index contributed by atoms with van der Waals surface area (Å²) >= 11 is 0. The fourth-order valence-electron chi connectivity index (χ4n) is 2.89. The van der Waals surface area contributed by atoms with Crippen molar-refractivity contribution in [1.82, 2.24) is 0 Å². The highest BCUT2D eigenvalue weighted by atomic mass is 16.6. The second-order valence-electron chi connectivity index (χ2n) is 6.29. The standard InChI is InChI=1S/C22H18N2O5/c1-29-22(26)18-12-17(13-19(14-18)24(27)28)21(25)23-20-10-6-5-9-16(20)11-15-7-3-2-4-8-15/h2-10,12-14H,11H2,1H3,(H,23,25). The van der Waals surface area contributed by atoms with Gasteiger partial charge in [-0.1, -0.05) is 48.5 Å². The molecule has 0 atom stereocenters. The molecule has 0 heterocycles. The van der Waals surface area contributed by atoms with Crippen LogP contribution in [0.5, 0.6) is 0 Å². The molecule has 0 saturated carbocycles. The van der Waals surface area contributed by atoms with Crippen LogP contribution in [0.2, 0.25) is 0 Å². The van der Waals surface area contributed by atoms with E-state index >= 15 is 0 Å². The molecule has 3 rings (SSSR count). The second-order valence-corrected chi connectivity index (χ2v) is 6.29. The lowest BCUT2D eigenvalue weighted by Gasteiger charge is -2.12. The number of nitro groups is 1. The van der Waals surface area contributed by atoms with Crippen LogP contribution in [0, 0.1) is 10.1 Å². The third kappa shape index (κ3) is 4.84. The first-order valence-corrected chi connectivity index (χ1v) is 8.79. The Morgan fingerprint density at radius 3 is 2.31 bits per heavy atom. The summed E-state index contributed by atoms with van der Waals surface area (Å²) in [7, 11) is 1.17. The van der Waals surface area contributed by atoms with Crippen LogP contribution in [0.4, 0.5) is 11.4 Å². The van der Waals surface area contributed by atoms with Gasteiger partial charge in [0.1, 0.15) is 0 Å². The molecule has 0 fully saturated rings. The molecule has 7 heteroatoms. The van der Waals surface area contributed by atoms with Crippen LogP contribution < -0.4 is 5.32 Å². The largest absolute Gasteiger partial charge is 0.465 e. The number of carbonyl (C=O) groups is 2. The van der Waals surface area contributed by atoms with Gasteiger partial charge in [-0.3, -0.25) is 14.9 Å². The van der Waals surface area contributed by atoms with Crippen molar-refractivity contribution in [2.75, 3.05) is 12.4 Å². The Bertz CT molecular complexity index is 1060. The van der Waals surface area contributed by atoms with Gasteiger partial charge in [0.05, 0.1) is 17.6 Å². The van der Waals surface area contributed by atoms with Gasteiger partial charge >= 0.3 is 5.97 Å². The number of benzene rings is 3. The number of ether oxygens (including phenoxy) is 1. The van der Waals surface area contributed by atoms with E-state index in [1.807, 2.05) is 42.5 Å². The lowest BCUT2D eigenvalue weighted by Crippen LogP contribution is -2.15. The van der Waals surface area contributed by atoms with Crippen molar-refractivity contribution in [3.05, 3.63) is 105 Å². The van der Waals surface area contributed by atoms with Gasteiger partial charge in [-0.2, -0.15) is 0 Å². The van der Waals surface area contributed by atoms with E-state index in [4.69, 9.17) is 0 Å². The summed E-state index contributed by atoms with van der Waals surface area (Å²) in [5, 5.41) is 14.0. The fourth-order valence-corrected chi connectivity index (χ4v) is 2.89. The van der Waals surface area contributed by atoms with E-state index in [2.05, 4.69) is 10.1 Å². The maximum Gasteiger partial charge on any atom is 0.338 e. The zero-order valence-corrected chi connectivity index (χ0v) is 15.6. The molecule has 0 aromatic heterocycles. The zero-order chi connectivity index (χ0) is 20.8. The maximum atomic E-state index is 12.8. The molecular weight excluding hydrogens is 372 g/mol. The zero-order valence-electron chi connectivity index (χ0n) is 15.6. The van der Waals surface area contributed by atoms with Gasteiger partial charge in [-0.25, -0.2) is 4.79 Å². The maximum absolute atomic E-state index is 12.8. The van der Waals surface area contributed by atoms with Gasteiger partial charge in [0.15, 0.2) is 0 Å². The highest BCUT2D eigenvalue weighted by Crippen LogP contribution is 2.22. The summed E-state index contributed by atoms with van der Waals surface area (Å²) in [5.74, 6) is -1.31. The molecule has 1 N–H and O–H groups in total.